The second-order valence-corrected chi connectivity index (χ2v) is 6.03. The molecule has 0 spiro atoms. The van der Waals surface area contributed by atoms with Crippen molar-refractivity contribution in [2.45, 2.75) is 32.2 Å². The number of aromatic hydroxyl groups is 2. The third-order valence-electron chi connectivity index (χ3n) is 4.50. The van der Waals surface area contributed by atoms with Crippen molar-refractivity contribution >= 4 is 0 Å². The lowest BCUT2D eigenvalue weighted by Gasteiger charge is -2.37. The van der Waals surface area contributed by atoms with E-state index in [2.05, 4.69) is 36.1 Å². The topological polar surface area (TPSA) is 43.7 Å². The Labute approximate surface area is 131 Å². The van der Waals surface area contributed by atoms with Gasteiger partial charge >= 0.3 is 0 Å². The van der Waals surface area contributed by atoms with Crippen LogP contribution in [0.2, 0.25) is 0 Å². The zero-order valence-corrected chi connectivity index (χ0v) is 13.0. The van der Waals surface area contributed by atoms with Crippen LogP contribution in [0.15, 0.2) is 42.5 Å². The van der Waals surface area contributed by atoms with Crippen molar-refractivity contribution in [3.05, 3.63) is 59.2 Å². The van der Waals surface area contributed by atoms with Gasteiger partial charge in [0.25, 0.3) is 0 Å². The number of nitrogens with zero attached hydrogens (tertiary/aromatic N) is 1. The van der Waals surface area contributed by atoms with Gasteiger partial charge in [-0.05, 0) is 54.6 Å². The fourth-order valence-electron chi connectivity index (χ4n) is 3.42. The summed E-state index contributed by atoms with van der Waals surface area (Å²) in [6, 6.07) is 14.2. The summed E-state index contributed by atoms with van der Waals surface area (Å²) in [6.45, 7) is 4.38. The van der Waals surface area contributed by atoms with Crippen LogP contribution in [-0.4, -0.2) is 28.2 Å². The van der Waals surface area contributed by atoms with Crippen LogP contribution in [-0.2, 0) is 12.8 Å². The maximum Gasteiger partial charge on any atom is 0.157 e. The fraction of sp³-hybridized carbons (Fsp3) is 0.368. The lowest BCUT2D eigenvalue weighted by molar-refractivity contribution is 0.184. The van der Waals surface area contributed by atoms with Gasteiger partial charge in [-0.15, -0.1) is 0 Å². The van der Waals surface area contributed by atoms with E-state index in [9.17, 15) is 10.2 Å². The van der Waals surface area contributed by atoms with E-state index >= 15 is 0 Å². The number of rotatable bonds is 4. The molecular weight excluding hydrogens is 274 g/mol. The van der Waals surface area contributed by atoms with E-state index in [-0.39, 0.29) is 11.5 Å². The minimum atomic E-state index is -0.0572. The zero-order valence-electron chi connectivity index (χ0n) is 13.0. The van der Waals surface area contributed by atoms with Gasteiger partial charge in [0.05, 0.1) is 0 Å². The third-order valence-corrected chi connectivity index (χ3v) is 4.50. The van der Waals surface area contributed by atoms with Gasteiger partial charge in [0.1, 0.15) is 0 Å². The maximum absolute atomic E-state index is 9.73. The fourth-order valence-corrected chi connectivity index (χ4v) is 3.42. The summed E-state index contributed by atoms with van der Waals surface area (Å²) in [7, 11) is 0. The Morgan fingerprint density at radius 2 is 1.91 bits per heavy atom. The average molecular weight is 297 g/mol. The number of fused-ring (bicyclic) bond motifs is 1. The predicted octanol–water partition coefficient (Wildman–Crippen LogP) is 3.65. The minimum Gasteiger partial charge on any atom is -0.504 e. The van der Waals surface area contributed by atoms with Crippen LogP contribution < -0.4 is 0 Å². The molecule has 3 nitrogen and oxygen atoms in total. The molecule has 1 heterocycles. The van der Waals surface area contributed by atoms with Crippen LogP contribution in [0.25, 0.3) is 0 Å². The molecule has 3 rings (SSSR count). The van der Waals surface area contributed by atoms with E-state index in [0.717, 1.165) is 37.9 Å². The molecule has 2 aromatic rings. The van der Waals surface area contributed by atoms with Crippen molar-refractivity contribution in [1.29, 1.82) is 0 Å². The molecule has 0 aliphatic carbocycles. The second-order valence-electron chi connectivity index (χ2n) is 6.03. The normalized spacial score (nSPS) is 18.1. The molecule has 1 aliphatic heterocycles. The van der Waals surface area contributed by atoms with E-state index in [0.29, 0.717) is 6.04 Å². The van der Waals surface area contributed by atoms with E-state index in [1.807, 2.05) is 6.07 Å². The Morgan fingerprint density at radius 1 is 1.09 bits per heavy atom. The minimum absolute atomic E-state index is 0.0383. The van der Waals surface area contributed by atoms with Gasteiger partial charge in [-0.25, -0.2) is 0 Å². The van der Waals surface area contributed by atoms with E-state index in [1.54, 1.807) is 12.1 Å². The van der Waals surface area contributed by atoms with Gasteiger partial charge in [0.15, 0.2) is 11.5 Å². The molecule has 2 aromatic carbocycles. The number of phenols is 2. The van der Waals surface area contributed by atoms with Crippen molar-refractivity contribution in [2.75, 3.05) is 13.1 Å². The molecule has 1 unspecified atom stereocenters. The van der Waals surface area contributed by atoms with Gasteiger partial charge in [-0.1, -0.05) is 37.3 Å². The van der Waals surface area contributed by atoms with Crippen LogP contribution >= 0.6 is 0 Å². The van der Waals surface area contributed by atoms with Gasteiger partial charge in [0, 0.05) is 12.6 Å². The molecule has 0 radical (unpaired) electrons. The Bertz CT molecular complexity index is 654. The lowest BCUT2D eigenvalue weighted by atomic mass is 9.88. The summed E-state index contributed by atoms with van der Waals surface area (Å²) in [5.41, 5.74) is 3.88. The first-order chi connectivity index (χ1) is 10.7. The van der Waals surface area contributed by atoms with Crippen LogP contribution in [0.3, 0.4) is 0 Å². The van der Waals surface area contributed by atoms with Crippen molar-refractivity contribution in [1.82, 2.24) is 4.90 Å². The first-order valence-electron chi connectivity index (χ1n) is 8.01. The first kappa shape index (κ1) is 14.9. The molecule has 0 aromatic heterocycles. The molecule has 0 saturated carbocycles. The first-order valence-corrected chi connectivity index (χ1v) is 8.01. The molecule has 0 fully saturated rings. The summed E-state index contributed by atoms with van der Waals surface area (Å²) < 4.78 is 0. The van der Waals surface area contributed by atoms with Gasteiger partial charge < -0.3 is 10.2 Å². The monoisotopic (exact) mass is 297 g/mol. The molecule has 116 valence electrons. The van der Waals surface area contributed by atoms with Crippen LogP contribution in [0.5, 0.6) is 11.5 Å². The molecule has 0 bridgehead atoms. The quantitative estimate of drug-likeness (QED) is 0.847. The van der Waals surface area contributed by atoms with Crippen LogP contribution in [0.4, 0.5) is 0 Å². The summed E-state index contributed by atoms with van der Waals surface area (Å²) in [5.74, 6) is -0.0955. The summed E-state index contributed by atoms with van der Waals surface area (Å²) in [6.07, 6.45) is 3.10. The van der Waals surface area contributed by atoms with Crippen molar-refractivity contribution in [2.24, 2.45) is 0 Å². The molecule has 1 atom stereocenters. The van der Waals surface area contributed by atoms with Gasteiger partial charge in [-0.3, -0.25) is 4.90 Å². The smallest absolute Gasteiger partial charge is 0.157 e. The average Bonchev–Trinajstić information content (AvgIpc) is 2.53. The number of benzene rings is 2. The van der Waals surface area contributed by atoms with E-state index in [1.165, 1.54) is 11.1 Å². The molecule has 0 saturated heterocycles. The van der Waals surface area contributed by atoms with Crippen LogP contribution in [0, 0.1) is 0 Å². The number of phenolic OH excluding ortho intramolecular Hbond substituents is 2. The highest BCUT2D eigenvalue weighted by atomic mass is 16.3. The summed E-state index contributed by atoms with van der Waals surface area (Å²) >= 11 is 0. The zero-order chi connectivity index (χ0) is 15.5. The largest absolute Gasteiger partial charge is 0.504 e. The predicted molar refractivity (Wildman–Crippen MR) is 88.2 cm³/mol. The highest BCUT2D eigenvalue weighted by Gasteiger charge is 2.26. The standard InChI is InChI=1S/C19H23NO2/c1-2-10-20-11-9-15-5-3-4-6-16(15)17(20)12-14-7-8-18(21)19(22)13-14/h3-8,13,17,21-22H,2,9-12H2,1H3. The van der Waals surface area contributed by atoms with Crippen molar-refractivity contribution in [3.8, 4) is 11.5 Å². The molecule has 0 amide bonds. The van der Waals surface area contributed by atoms with Crippen LogP contribution in [0.1, 0.15) is 36.1 Å². The maximum atomic E-state index is 9.73. The highest BCUT2D eigenvalue weighted by molar-refractivity contribution is 5.42. The van der Waals surface area contributed by atoms with Gasteiger partial charge in [0.2, 0.25) is 0 Å². The molecular formula is C19H23NO2. The molecule has 22 heavy (non-hydrogen) atoms. The Kier molecular flexibility index (Phi) is 4.34. The number of hydrogen-bond donors (Lipinski definition) is 2. The van der Waals surface area contributed by atoms with Gasteiger partial charge in [-0.2, -0.15) is 0 Å². The molecule has 3 heteroatoms. The SMILES string of the molecule is CCCN1CCc2ccccc2C1Cc1ccc(O)c(O)c1. The summed E-state index contributed by atoms with van der Waals surface area (Å²) in [4.78, 5) is 2.53. The lowest BCUT2D eigenvalue weighted by Crippen LogP contribution is -2.37. The van der Waals surface area contributed by atoms with E-state index in [4.69, 9.17) is 0 Å². The van der Waals surface area contributed by atoms with E-state index < -0.39 is 0 Å². The third kappa shape index (κ3) is 2.95. The van der Waals surface area contributed by atoms with Crippen molar-refractivity contribution in [3.63, 3.8) is 0 Å². The molecule has 1 aliphatic rings. The second kappa shape index (κ2) is 6.41. The Balaban J connectivity index is 1.91. The Morgan fingerprint density at radius 3 is 2.68 bits per heavy atom. The molecule has 2 N–H and O–H groups in total. The summed E-state index contributed by atoms with van der Waals surface area (Å²) in [5, 5.41) is 19.2. The Hall–Kier alpha value is -2.00. The van der Waals surface area contributed by atoms with Crippen molar-refractivity contribution < 1.29 is 10.2 Å². The number of hydrogen-bond acceptors (Lipinski definition) is 3. The highest BCUT2D eigenvalue weighted by Crippen LogP contribution is 2.34.